The van der Waals surface area contributed by atoms with E-state index in [1.165, 1.54) is 0 Å². The molecule has 3 rings (SSSR count). The van der Waals surface area contributed by atoms with Gasteiger partial charge in [-0.2, -0.15) is 0 Å². The third-order valence-electron chi connectivity index (χ3n) is 4.14. The molecule has 1 aliphatic rings. The maximum absolute atomic E-state index is 12.0. The molecule has 3 heterocycles. The Hall–Kier alpha value is -0.950. The smallest absolute Gasteiger partial charge is 0.279 e. The summed E-state index contributed by atoms with van der Waals surface area (Å²) in [5.74, 6) is 0.513. The van der Waals surface area contributed by atoms with E-state index >= 15 is 0 Å². The van der Waals surface area contributed by atoms with Crippen LogP contribution in [-0.2, 0) is 4.74 Å². The molecule has 9 heteroatoms. The van der Waals surface area contributed by atoms with Crippen molar-refractivity contribution in [1.29, 1.82) is 0 Å². The fourth-order valence-electron chi connectivity index (χ4n) is 2.86. The van der Waals surface area contributed by atoms with Gasteiger partial charge in [0.2, 0.25) is 0 Å². The number of ether oxygens (including phenoxy) is 1. The Labute approximate surface area is 148 Å². The van der Waals surface area contributed by atoms with Crippen LogP contribution in [0.2, 0.25) is 0 Å². The molecule has 0 radical (unpaired) electrons. The van der Waals surface area contributed by atoms with Crippen LogP contribution in [0, 0.1) is 6.92 Å². The number of fused-ring (bicyclic) bond motifs is 1. The van der Waals surface area contributed by atoms with Crippen molar-refractivity contribution in [2.45, 2.75) is 36.6 Å². The molecule has 132 valence electrons. The fourth-order valence-corrected chi connectivity index (χ4v) is 4.54. The topological polar surface area (TPSA) is 93.0 Å². The molecule has 2 aromatic heterocycles. The average Bonchev–Trinajstić information content (AvgIpc) is 3.00. The van der Waals surface area contributed by atoms with E-state index < -0.39 is 19.2 Å². The molecule has 0 aliphatic carbocycles. The lowest BCUT2D eigenvalue weighted by Gasteiger charge is -2.18. The number of aromatic nitrogens is 4. The van der Waals surface area contributed by atoms with Gasteiger partial charge in [-0.3, -0.25) is 9.36 Å². The summed E-state index contributed by atoms with van der Waals surface area (Å²) >= 11 is 3.53. The van der Waals surface area contributed by atoms with Gasteiger partial charge in [-0.05, 0) is 32.8 Å². The zero-order valence-electron chi connectivity index (χ0n) is 13.9. The molecule has 1 fully saturated rings. The van der Waals surface area contributed by atoms with Crippen LogP contribution < -0.4 is 5.56 Å². The zero-order valence-corrected chi connectivity index (χ0v) is 16.4. The summed E-state index contributed by atoms with van der Waals surface area (Å²) in [5, 5.41) is 10.5. The number of aliphatic hydroxyl groups excluding tert-OH is 1. The van der Waals surface area contributed by atoms with Gasteiger partial charge in [0, 0.05) is 0 Å². The minimum Gasteiger partial charge on any atom is -0.389 e. The number of imidazole rings is 1. The number of hydrogen-bond donors (Lipinski definition) is 2. The highest BCUT2D eigenvalue weighted by Gasteiger charge is 2.43. The molecule has 1 aliphatic heterocycles. The van der Waals surface area contributed by atoms with Gasteiger partial charge < -0.3 is 14.8 Å². The van der Waals surface area contributed by atoms with E-state index in [0.29, 0.717) is 11.5 Å². The van der Waals surface area contributed by atoms with Crippen LogP contribution in [0.5, 0.6) is 0 Å². The van der Waals surface area contributed by atoms with Crippen LogP contribution >= 0.6 is 22.8 Å². The molecule has 0 spiro atoms. The van der Waals surface area contributed by atoms with Gasteiger partial charge in [0.1, 0.15) is 5.82 Å². The Morgan fingerprint density at radius 3 is 2.92 bits per heavy atom. The van der Waals surface area contributed by atoms with Crippen molar-refractivity contribution >= 4 is 40.3 Å². The zero-order chi connectivity index (χ0) is 17.6. The largest absolute Gasteiger partial charge is 0.389 e. The summed E-state index contributed by atoms with van der Waals surface area (Å²) in [6, 6.07) is 0. The third kappa shape index (κ3) is 3.38. The molecule has 4 atom stereocenters. The van der Waals surface area contributed by atoms with Gasteiger partial charge in [-0.15, -0.1) is 13.2 Å². The van der Waals surface area contributed by atoms with Crippen molar-refractivity contribution in [2.75, 3.05) is 19.5 Å². The molecule has 2 N–H and O–H groups in total. The Morgan fingerprint density at radius 2 is 2.25 bits per heavy atom. The lowest BCUT2D eigenvalue weighted by molar-refractivity contribution is -0.0174. The summed E-state index contributed by atoms with van der Waals surface area (Å²) in [4.78, 5) is 22.8. The predicted octanol–water partition coefficient (Wildman–Crippen LogP) is 1.55. The molecule has 2 aromatic rings. The van der Waals surface area contributed by atoms with Gasteiger partial charge in [0.25, 0.3) is 5.56 Å². The van der Waals surface area contributed by atoms with E-state index in [-0.39, 0.29) is 22.0 Å². The van der Waals surface area contributed by atoms with Gasteiger partial charge in [0.15, 0.2) is 17.4 Å². The van der Waals surface area contributed by atoms with Gasteiger partial charge in [-0.25, -0.2) is 9.97 Å². The first-order chi connectivity index (χ1) is 11.2. The van der Waals surface area contributed by atoms with Crippen LogP contribution in [0.25, 0.3) is 11.2 Å². The van der Waals surface area contributed by atoms with Crippen molar-refractivity contribution < 1.29 is 9.84 Å². The first-order valence-electron chi connectivity index (χ1n) is 7.76. The van der Waals surface area contributed by atoms with Gasteiger partial charge in [-0.1, -0.05) is 15.9 Å². The predicted molar refractivity (Wildman–Crippen MR) is 101 cm³/mol. The number of aromatic amines is 1. The molecule has 0 amide bonds. The minimum atomic E-state index is -1.18. The quantitative estimate of drug-likeness (QED) is 0.582. The van der Waals surface area contributed by atoms with E-state index in [4.69, 9.17) is 4.74 Å². The van der Waals surface area contributed by atoms with Crippen LogP contribution in [-0.4, -0.2) is 67.5 Å². The average molecular weight is 417 g/mol. The first-order valence-corrected chi connectivity index (χ1v) is 11.7. The number of H-pyrrole nitrogens is 1. The Bertz CT molecular complexity index is 858. The highest BCUT2D eigenvalue weighted by atomic mass is 79.9. The highest BCUT2D eigenvalue weighted by Crippen LogP contribution is 2.41. The van der Waals surface area contributed by atoms with Crippen molar-refractivity contribution in [2.24, 2.45) is 0 Å². The number of hydrogen-bond acceptors (Lipinski definition) is 5. The van der Waals surface area contributed by atoms with E-state index in [9.17, 15) is 9.90 Å². The second kappa shape index (κ2) is 6.41. The maximum atomic E-state index is 12.0. The van der Waals surface area contributed by atoms with E-state index in [0.717, 1.165) is 12.6 Å². The summed E-state index contributed by atoms with van der Waals surface area (Å²) in [5.41, 5.74) is 0.455. The third-order valence-corrected chi connectivity index (χ3v) is 6.60. The number of aryl methyl sites for hydroxylation is 1. The molecule has 0 aromatic carbocycles. The van der Waals surface area contributed by atoms with E-state index in [2.05, 4.69) is 50.5 Å². The SMILES string of the molecule is C=P(C)(C)CCC1O[C@@H](n2cnc3c(=O)[nH]c(C)nc32)[C@H](Br)[C@@H]1O. The molecule has 1 saturated heterocycles. The number of nitrogens with zero attached hydrogens (tertiary/aromatic N) is 3. The Morgan fingerprint density at radius 1 is 1.54 bits per heavy atom. The van der Waals surface area contributed by atoms with Crippen LogP contribution in [0.1, 0.15) is 18.5 Å². The van der Waals surface area contributed by atoms with E-state index in [1.54, 1.807) is 17.8 Å². The van der Waals surface area contributed by atoms with Crippen LogP contribution in [0.3, 0.4) is 0 Å². The number of alkyl halides is 1. The van der Waals surface area contributed by atoms with Gasteiger partial charge in [0.05, 0.1) is 23.4 Å². The molecule has 7 nitrogen and oxygen atoms in total. The summed E-state index contributed by atoms with van der Waals surface area (Å²) < 4.78 is 7.79. The Balaban J connectivity index is 1.90. The molecular weight excluding hydrogens is 395 g/mol. The van der Waals surface area contributed by atoms with Crippen molar-refractivity contribution in [3.05, 3.63) is 22.5 Å². The van der Waals surface area contributed by atoms with Crippen LogP contribution in [0.15, 0.2) is 11.1 Å². The standard InChI is InChI=1S/C15H22BrN4O3P/c1-8-18-13-11(14(22)19-8)17-7-20(13)15-10(16)12(21)9(23-15)5-6-24(2,3)4/h7,9-10,12,15,21H,2,5-6H2,1,3-4H3,(H,18,19,22)/t9?,10-,12-,15-/m1/s1. The molecule has 1 unspecified atom stereocenters. The lowest BCUT2D eigenvalue weighted by Crippen LogP contribution is -2.28. The van der Waals surface area contributed by atoms with Crippen molar-refractivity contribution in [3.8, 4) is 0 Å². The van der Waals surface area contributed by atoms with Gasteiger partial charge >= 0.3 is 0 Å². The molecular formula is C15H22BrN4O3P. The Kier molecular flexibility index (Phi) is 4.77. The van der Waals surface area contributed by atoms with Crippen LogP contribution in [0.4, 0.5) is 0 Å². The van der Waals surface area contributed by atoms with E-state index in [1.807, 2.05) is 0 Å². The van der Waals surface area contributed by atoms with Crippen molar-refractivity contribution in [1.82, 2.24) is 19.5 Å². The lowest BCUT2D eigenvalue weighted by atomic mass is 10.1. The maximum Gasteiger partial charge on any atom is 0.279 e. The molecule has 0 bridgehead atoms. The second-order valence-electron chi connectivity index (χ2n) is 6.92. The van der Waals surface area contributed by atoms with Crippen molar-refractivity contribution in [3.63, 3.8) is 0 Å². The monoisotopic (exact) mass is 416 g/mol. The molecule has 0 saturated carbocycles. The summed E-state index contributed by atoms with van der Waals surface area (Å²) in [6.45, 7) is 4.87. The number of nitrogens with one attached hydrogen (secondary N) is 1. The fraction of sp³-hybridized carbons (Fsp3) is 0.600. The normalized spacial score (nSPS) is 27.9. The minimum absolute atomic E-state index is 0.270. The number of halogens is 1. The number of aliphatic hydroxyl groups is 1. The molecule has 24 heavy (non-hydrogen) atoms. The first kappa shape index (κ1) is 17.9. The highest BCUT2D eigenvalue weighted by molar-refractivity contribution is 9.09. The second-order valence-corrected chi connectivity index (χ2v) is 12.3. The number of rotatable bonds is 4. The summed E-state index contributed by atoms with van der Waals surface area (Å²) in [7, 11) is 0. The summed E-state index contributed by atoms with van der Waals surface area (Å²) in [6.07, 6.45) is 6.07.